The minimum absolute atomic E-state index is 0.366. The number of fused-ring (bicyclic) bond motifs is 2. The van der Waals surface area contributed by atoms with Crippen LogP contribution in [0.5, 0.6) is 0 Å². The highest BCUT2D eigenvalue weighted by atomic mass is 79.9. The van der Waals surface area contributed by atoms with Crippen molar-refractivity contribution in [1.82, 2.24) is 0 Å². The van der Waals surface area contributed by atoms with Gasteiger partial charge in [0.15, 0.2) is 0 Å². The van der Waals surface area contributed by atoms with Crippen LogP contribution in [0.2, 0.25) is 0 Å². The summed E-state index contributed by atoms with van der Waals surface area (Å²) in [6.45, 7) is 2.15. The molecule has 1 heteroatoms. The number of rotatable bonds is 1. The molecule has 4 rings (SSSR count). The van der Waals surface area contributed by atoms with Crippen molar-refractivity contribution in [3.8, 4) is 0 Å². The van der Waals surface area contributed by atoms with E-state index in [0.29, 0.717) is 5.92 Å². The van der Waals surface area contributed by atoms with Crippen LogP contribution in [0.4, 0.5) is 0 Å². The van der Waals surface area contributed by atoms with Gasteiger partial charge in [-0.3, -0.25) is 0 Å². The van der Waals surface area contributed by atoms with Crippen molar-refractivity contribution >= 4 is 32.8 Å². The van der Waals surface area contributed by atoms with Gasteiger partial charge in [0.25, 0.3) is 0 Å². The Balaban J connectivity index is 1.96. The summed E-state index contributed by atoms with van der Waals surface area (Å²) in [4.78, 5) is 0. The van der Waals surface area contributed by atoms with Crippen LogP contribution in [0, 0.1) is 6.92 Å². The largest absolute Gasteiger partial charge is 0.0720 e. The minimum atomic E-state index is 0.366. The number of benzene rings is 3. The number of allylic oxidation sites excluding steroid dienone is 1. The third-order valence-electron chi connectivity index (χ3n) is 4.33. The topological polar surface area (TPSA) is 0 Å². The summed E-state index contributed by atoms with van der Waals surface area (Å²) in [6.07, 6.45) is 4.56. The predicted molar refractivity (Wildman–Crippen MR) is 93.7 cm³/mol. The number of halogens is 1. The van der Waals surface area contributed by atoms with Crippen molar-refractivity contribution in [1.29, 1.82) is 0 Å². The van der Waals surface area contributed by atoms with E-state index in [2.05, 4.69) is 89.6 Å². The monoisotopic (exact) mass is 334 g/mol. The van der Waals surface area contributed by atoms with E-state index in [0.717, 1.165) is 0 Å². The zero-order chi connectivity index (χ0) is 14.4. The summed E-state index contributed by atoms with van der Waals surface area (Å²) in [5.74, 6) is 0.366. The molecule has 0 bridgehead atoms. The second-order valence-electron chi connectivity index (χ2n) is 5.64. The third-order valence-corrected chi connectivity index (χ3v) is 5.18. The van der Waals surface area contributed by atoms with Gasteiger partial charge < -0.3 is 0 Å². The SMILES string of the molecule is Cc1cc2c(C3C=Cc4ccccc43)cccc2cc1Br. The fourth-order valence-corrected chi connectivity index (χ4v) is 3.58. The molecule has 0 nitrogen and oxygen atoms in total. The van der Waals surface area contributed by atoms with Gasteiger partial charge in [-0.2, -0.15) is 0 Å². The summed E-state index contributed by atoms with van der Waals surface area (Å²) in [5.41, 5.74) is 5.42. The first-order chi connectivity index (χ1) is 10.2. The summed E-state index contributed by atoms with van der Waals surface area (Å²) < 4.78 is 1.18. The van der Waals surface area contributed by atoms with E-state index < -0.39 is 0 Å². The first-order valence-corrected chi connectivity index (χ1v) is 7.99. The third kappa shape index (κ3) is 2.04. The molecule has 21 heavy (non-hydrogen) atoms. The van der Waals surface area contributed by atoms with Crippen LogP contribution >= 0.6 is 15.9 Å². The van der Waals surface area contributed by atoms with Gasteiger partial charge in [-0.1, -0.05) is 76.6 Å². The maximum Gasteiger partial charge on any atom is 0.0284 e. The molecule has 0 saturated heterocycles. The van der Waals surface area contributed by atoms with Crippen LogP contribution in [0.3, 0.4) is 0 Å². The van der Waals surface area contributed by atoms with Crippen LogP contribution in [0.15, 0.2) is 65.1 Å². The molecule has 1 aliphatic rings. The number of aryl methyl sites for hydroxylation is 1. The lowest BCUT2D eigenvalue weighted by atomic mass is 9.89. The zero-order valence-electron chi connectivity index (χ0n) is 11.8. The Kier molecular flexibility index (Phi) is 2.97. The minimum Gasteiger partial charge on any atom is -0.0720 e. The summed E-state index contributed by atoms with van der Waals surface area (Å²) >= 11 is 3.64. The van der Waals surface area contributed by atoms with E-state index in [1.807, 2.05) is 0 Å². The Morgan fingerprint density at radius 3 is 2.62 bits per heavy atom. The molecule has 0 spiro atoms. The lowest BCUT2D eigenvalue weighted by Crippen LogP contribution is -1.97. The van der Waals surface area contributed by atoms with Gasteiger partial charge in [-0.05, 0) is 46.0 Å². The van der Waals surface area contributed by atoms with Crippen molar-refractivity contribution in [3.63, 3.8) is 0 Å². The van der Waals surface area contributed by atoms with E-state index in [9.17, 15) is 0 Å². The second kappa shape index (κ2) is 4.85. The van der Waals surface area contributed by atoms with Gasteiger partial charge in [-0.15, -0.1) is 0 Å². The molecule has 3 aromatic rings. The molecule has 0 amide bonds. The molecule has 0 saturated carbocycles. The van der Waals surface area contributed by atoms with Crippen LogP contribution in [0.1, 0.15) is 28.2 Å². The van der Waals surface area contributed by atoms with Crippen molar-refractivity contribution in [2.24, 2.45) is 0 Å². The molecule has 0 aromatic heterocycles. The fraction of sp³-hybridized carbons (Fsp3) is 0.100. The quantitative estimate of drug-likeness (QED) is 0.506. The van der Waals surface area contributed by atoms with Gasteiger partial charge in [-0.25, -0.2) is 0 Å². The highest BCUT2D eigenvalue weighted by molar-refractivity contribution is 9.10. The van der Waals surface area contributed by atoms with Crippen molar-refractivity contribution in [2.75, 3.05) is 0 Å². The van der Waals surface area contributed by atoms with Gasteiger partial charge in [0, 0.05) is 10.4 Å². The Bertz CT molecular complexity index is 874. The molecular formula is C20H15Br. The van der Waals surface area contributed by atoms with Gasteiger partial charge in [0.05, 0.1) is 0 Å². The van der Waals surface area contributed by atoms with E-state index in [4.69, 9.17) is 0 Å². The van der Waals surface area contributed by atoms with Crippen molar-refractivity contribution in [3.05, 3.63) is 87.4 Å². The van der Waals surface area contributed by atoms with Crippen LogP contribution < -0.4 is 0 Å². The van der Waals surface area contributed by atoms with Crippen molar-refractivity contribution < 1.29 is 0 Å². The second-order valence-corrected chi connectivity index (χ2v) is 6.49. The smallest absolute Gasteiger partial charge is 0.0284 e. The molecule has 0 radical (unpaired) electrons. The molecular weight excluding hydrogens is 320 g/mol. The summed E-state index contributed by atoms with van der Waals surface area (Å²) in [6, 6.07) is 19.8. The highest BCUT2D eigenvalue weighted by Gasteiger charge is 2.20. The Hall–Kier alpha value is -1.86. The Morgan fingerprint density at radius 2 is 1.71 bits per heavy atom. The maximum absolute atomic E-state index is 3.64. The fourth-order valence-electron chi connectivity index (χ4n) is 3.22. The van der Waals surface area contributed by atoms with Crippen LogP contribution in [-0.2, 0) is 0 Å². The average Bonchev–Trinajstić information content (AvgIpc) is 2.92. The first kappa shape index (κ1) is 12.8. The molecule has 1 unspecified atom stereocenters. The molecule has 3 aromatic carbocycles. The molecule has 1 aliphatic carbocycles. The Morgan fingerprint density at radius 1 is 0.905 bits per heavy atom. The standard InChI is InChI=1S/C20H15Br/c1-13-11-19-15(12-20(13)21)6-4-8-17(19)18-10-9-14-5-2-3-7-16(14)18/h2-12,18H,1H3. The predicted octanol–water partition coefficient (Wildman–Crippen LogP) is 6.07. The Labute approximate surface area is 133 Å². The maximum atomic E-state index is 3.64. The summed E-state index contributed by atoms with van der Waals surface area (Å²) in [5, 5.41) is 2.65. The van der Waals surface area contributed by atoms with E-state index in [-0.39, 0.29) is 0 Å². The van der Waals surface area contributed by atoms with Crippen LogP contribution in [-0.4, -0.2) is 0 Å². The summed E-state index contributed by atoms with van der Waals surface area (Å²) in [7, 11) is 0. The van der Waals surface area contributed by atoms with E-state index in [1.54, 1.807) is 0 Å². The highest BCUT2D eigenvalue weighted by Crippen LogP contribution is 2.39. The molecule has 102 valence electrons. The normalized spacial score (nSPS) is 16.4. The number of hydrogen-bond donors (Lipinski definition) is 0. The molecule has 1 atom stereocenters. The van der Waals surface area contributed by atoms with E-state index >= 15 is 0 Å². The van der Waals surface area contributed by atoms with Gasteiger partial charge >= 0.3 is 0 Å². The van der Waals surface area contributed by atoms with E-state index in [1.165, 1.54) is 37.5 Å². The first-order valence-electron chi connectivity index (χ1n) is 7.20. The van der Waals surface area contributed by atoms with Gasteiger partial charge in [0.2, 0.25) is 0 Å². The molecule has 0 N–H and O–H groups in total. The zero-order valence-corrected chi connectivity index (χ0v) is 13.4. The van der Waals surface area contributed by atoms with Crippen LogP contribution in [0.25, 0.3) is 16.8 Å². The lowest BCUT2D eigenvalue weighted by Gasteiger charge is -2.15. The van der Waals surface area contributed by atoms with Crippen molar-refractivity contribution in [2.45, 2.75) is 12.8 Å². The molecule has 0 aliphatic heterocycles. The average molecular weight is 335 g/mol. The van der Waals surface area contributed by atoms with Gasteiger partial charge in [0.1, 0.15) is 0 Å². The molecule has 0 heterocycles. The molecule has 0 fully saturated rings. The lowest BCUT2D eigenvalue weighted by molar-refractivity contribution is 1.06. The number of hydrogen-bond acceptors (Lipinski definition) is 0.